The third-order valence-electron chi connectivity index (χ3n) is 3.64. The number of nitro groups is 1. The molecule has 0 aliphatic carbocycles. The second kappa shape index (κ2) is 8.48. The number of hydrogen-bond acceptors (Lipinski definition) is 4. The van der Waals surface area contributed by atoms with E-state index in [9.17, 15) is 14.9 Å². The number of carbonyl (C=O) groups excluding carboxylic acids is 1. The summed E-state index contributed by atoms with van der Waals surface area (Å²) in [6.07, 6.45) is 0.850. The molecule has 2 rings (SSSR count). The van der Waals surface area contributed by atoms with Crippen molar-refractivity contribution >= 4 is 28.9 Å². The number of amides is 1. The Kier molecular flexibility index (Phi) is 6.36. The highest BCUT2D eigenvalue weighted by molar-refractivity contribution is 6.30. The molecule has 0 aromatic heterocycles. The first-order valence-electron chi connectivity index (χ1n) is 7.80. The van der Waals surface area contributed by atoms with Crippen LogP contribution in [-0.2, 0) is 4.79 Å². The van der Waals surface area contributed by atoms with Crippen molar-refractivity contribution in [1.82, 2.24) is 0 Å². The summed E-state index contributed by atoms with van der Waals surface area (Å²) in [6, 6.07) is 9.73. The minimum atomic E-state index is -0.464. The second-order valence-corrected chi connectivity index (χ2v) is 6.10. The minimum absolute atomic E-state index is 0.00207. The maximum Gasteiger partial charge on any atom is 0.269 e. The molecule has 0 atom stereocenters. The Bertz CT molecular complexity index is 793. The SMILES string of the molecule is Cc1cc([N+](=O)[O-])ccc1NC(=O)CCCOc1ccc(Cl)cc1C. The van der Waals surface area contributed by atoms with E-state index < -0.39 is 4.92 Å². The number of rotatable bonds is 7. The summed E-state index contributed by atoms with van der Waals surface area (Å²) in [5.74, 6) is 0.587. The van der Waals surface area contributed by atoms with Crippen molar-refractivity contribution in [3.63, 3.8) is 0 Å². The van der Waals surface area contributed by atoms with Crippen LogP contribution >= 0.6 is 11.6 Å². The predicted octanol–water partition coefficient (Wildman–Crippen LogP) is 4.66. The lowest BCUT2D eigenvalue weighted by Gasteiger charge is -2.10. The third kappa shape index (κ3) is 5.46. The van der Waals surface area contributed by atoms with E-state index >= 15 is 0 Å². The number of nitrogens with zero attached hydrogens (tertiary/aromatic N) is 1. The average molecular weight is 363 g/mol. The van der Waals surface area contributed by atoms with Crippen molar-refractivity contribution in [1.29, 1.82) is 0 Å². The molecule has 0 fully saturated rings. The van der Waals surface area contributed by atoms with Crippen LogP contribution in [0.5, 0.6) is 5.75 Å². The van der Waals surface area contributed by atoms with Crippen molar-refractivity contribution in [3.8, 4) is 5.75 Å². The van der Waals surface area contributed by atoms with Crippen molar-refractivity contribution < 1.29 is 14.5 Å². The van der Waals surface area contributed by atoms with Crippen LogP contribution in [0.3, 0.4) is 0 Å². The Hall–Kier alpha value is -2.60. The number of halogens is 1. The molecule has 0 bridgehead atoms. The average Bonchev–Trinajstić information content (AvgIpc) is 2.55. The number of hydrogen-bond donors (Lipinski definition) is 1. The topological polar surface area (TPSA) is 81.5 Å². The van der Waals surface area contributed by atoms with Crippen LogP contribution in [0.2, 0.25) is 5.02 Å². The van der Waals surface area contributed by atoms with E-state index in [1.54, 1.807) is 25.1 Å². The molecule has 0 aliphatic rings. The minimum Gasteiger partial charge on any atom is -0.493 e. The standard InChI is InChI=1S/C18H19ClN2O4/c1-12-11-15(21(23)24)6-7-16(12)20-18(22)4-3-9-25-17-8-5-14(19)10-13(17)2/h5-8,10-11H,3-4,9H2,1-2H3,(H,20,22). The summed E-state index contributed by atoms with van der Waals surface area (Å²) < 4.78 is 5.64. The van der Waals surface area contributed by atoms with Crippen LogP contribution in [0.25, 0.3) is 0 Å². The molecule has 0 radical (unpaired) electrons. The molecule has 0 saturated heterocycles. The van der Waals surface area contributed by atoms with Crippen LogP contribution in [0.4, 0.5) is 11.4 Å². The quantitative estimate of drug-likeness (QED) is 0.441. The highest BCUT2D eigenvalue weighted by Crippen LogP contribution is 2.23. The Labute approximate surface area is 150 Å². The highest BCUT2D eigenvalue weighted by atomic mass is 35.5. The number of carbonyl (C=O) groups is 1. The Balaban J connectivity index is 1.80. The summed E-state index contributed by atoms with van der Waals surface area (Å²) in [5.41, 5.74) is 2.17. The van der Waals surface area contributed by atoms with Gasteiger partial charge in [0, 0.05) is 29.3 Å². The number of aryl methyl sites for hydroxylation is 2. The van der Waals surface area contributed by atoms with E-state index in [1.807, 2.05) is 13.0 Å². The summed E-state index contributed by atoms with van der Waals surface area (Å²) >= 11 is 5.89. The first kappa shape index (κ1) is 18.7. The number of ether oxygens (including phenoxy) is 1. The molecule has 1 amide bonds. The monoisotopic (exact) mass is 362 g/mol. The van der Waals surface area contributed by atoms with E-state index in [2.05, 4.69) is 5.32 Å². The Morgan fingerprint density at radius 3 is 2.60 bits per heavy atom. The zero-order valence-electron chi connectivity index (χ0n) is 14.0. The first-order valence-corrected chi connectivity index (χ1v) is 8.18. The van der Waals surface area contributed by atoms with Crippen molar-refractivity contribution in [2.75, 3.05) is 11.9 Å². The Morgan fingerprint density at radius 1 is 1.20 bits per heavy atom. The summed E-state index contributed by atoms with van der Waals surface area (Å²) in [7, 11) is 0. The maximum absolute atomic E-state index is 12.0. The maximum atomic E-state index is 12.0. The van der Waals surface area contributed by atoms with E-state index in [0.29, 0.717) is 35.7 Å². The molecular weight excluding hydrogens is 344 g/mol. The largest absolute Gasteiger partial charge is 0.493 e. The van der Waals surface area contributed by atoms with Crippen molar-refractivity contribution in [2.45, 2.75) is 26.7 Å². The summed E-state index contributed by atoms with van der Waals surface area (Å²) in [4.78, 5) is 22.2. The van der Waals surface area contributed by atoms with Crippen molar-refractivity contribution in [3.05, 3.63) is 62.7 Å². The van der Waals surface area contributed by atoms with Gasteiger partial charge in [0.2, 0.25) is 5.91 Å². The predicted molar refractivity (Wildman–Crippen MR) is 97.4 cm³/mol. The molecule has 6 nitrogen and oxygen atoms in total. The molecule has 2 aromatic carbocycles. The zero-order valence-corrected chi connectivity index (χ0v) is 14.8. The van der Waals surface area contributed by atoms with Gasteiger partial charge in [-0.25, -0.2) is 0 Å². The van der Waals surface area contributed by atoms with E-state index in [1.165, 1.54) is 12.1 Å². The third-order valence-corrected chi connectivity index (χ3v) is 3.87. The number of non-ortho nitro benzene ring substituents is 1. The molecule has 25 heavy (non-hydrogen) atoms. The molecule has 0 aliphatic heterocycles. The molecule has 0 unspecified atom stereocenters. The number of nitro benzene ring substituents is 1. The van der Waals surface area contributed by atoms with Gasteiger partial charge in [-0.05, 0) is 55.7 Å². The molecule has 1 N–H and O–H groups in total. The van der Waals surface area contributed by atoms with Gasteiger partial charge in [0.05, 0.1) is 11.5 Å². The summed E-state index contributed by atoms with van der Waals surface area (Å²) in [5, 5.41) is 14.1. The van der Waals surface area contributed by atoms with Gasteiger partial charge in [-0.1, -0.05) is 11.6 Å². The number of benzene rings is 2. The van der Waals surface area contributed by atoms with E-state index in [-0.39, 0.29) is 11.6 Å². The summed E-state index contributed by atoms with van der Waals surface area (Å²) in [6.45, 7) is 4.04. The van der Waals surface area contributed by atoms with Gasteiger partial charge in [-0.2, -0.15) is 0 Å². The van der Waals surface area contributed by atoms with Gasteiger partial charge < -0.3 is 10.1 Å². The van der Waals surface area contributed by atoms with Gasteiger partial charge in [0.15, 0.2) is 0 Å². The fourth-order valence-corrected chi connectivity index (χ4v) is 2.53. The molecule has 0 heterocycles. The van der Waals surface area contributed by atoms with Crippen LogP contribution in [-0.4, -0.2) is 17.4 Å². The molecule has 0 spiro atoms. The van der Waals surface area contributed by atoms with Gasteiger partial charge in [0.25, 0.3) is 5.69 Å². The van der Waals surface area contributed by atoms with Gasteiger partial charge in [0.1, 0.15) is 5.75 Å². The van der Waals surface area contributed by atoms with Gasteiger partial charge in [-0.3, -0.25) is 14.9 Å². The normalized spacial score (nSPS) is 10.4. The molecule has 0 saturated carbocycles. The van der Waals surface area contributed by atoms with Gasteiger partial charge in [-0.15, -0.1) is 0 Å². The molecule has 2 aromatic rings. The molecular formula is C18H19ClN2O4. The lowest BCUT2D eigenvalue weighted by molar-refractivity contribution is -0.384. The zero-order chi connectivity index (χ0) is 18.4. The van der Waals surface area contributed by atoms with Crippen LogP contribution < -0.4 is 10.1 Å². The lowest BCUT2D eigenvalue weighted by atomic mass is 10.1. The van der Waals surface area contributed by atoms with E-state index in [4.69, 9.17) is 16.3 Å². The fourth-order valence-electron chi connectivity index (χ4n) is 2.30. The first-order chi connectivity index (χ1) is 11.9. The van der Waals surface area contributed by atoms with Gasteiger partial charge >= 0.3 is 0 Å². The molecule has 7 heteroatoms. The smallest absolute Gasteiger partial charge is 0.269 e. The highest BCUT2D eigenvalue weighted by Gasteiger charge is 2.10. The van der Waals surface area contributed by atoms with Crippen molar-refractivity contribution in [2.24, 2.45) is 0 Å². The number of anilines is 1. The van der Waals surface area contributed by atoms with Crippen LogP contribution in [0, 0.1) is 24.0 Å². The van der Waals surface area contributed by atoms with Crippen LogP contribution in [0.1, 0.15) is 24.0 Å². The second-order valence-electron chi connectivity index (χ2n) is 5.67. The van der Waals surface area contributed by atoms with E-state index in [0.717, 1.165) is 11.3 Å². The number of nitrogens with one attached hydrogen (secondary N) is 1. The fraction of sp³-hybridized carbons (Fsp3) is 0.278. The molecule has 132 valence electrons. The van der Waals surface area contributed by atoms with Crippen LogP contribution in [0.15, 0.2) is 36.4 Å². The Morgan fingerprint density at radius 2 is 1.96 bits per heavy atom. The lowest BCUT2D eigenvalue weighted by Crippen LogP contribution is -2.13.